The number of anilines is 1. The van der Waals surface area contributed by atoms with Gasteiger partial charge in [0.05, 0.1) is 19.3 Å². The first-order chi connectivity index (χ1) is 13.6. The summed E-state index contributed by atoms with van der Waals surface area (Å²) < 4.78 is 16.5. The molecule has 2 rings (SSSR count). The van der Waals surface area contributed by atoms with Crippen LogP contribution in [0.4, 0.5) is 5.00 Å². The van der Waals surface area contributed by atoms with Crippen molar-refractivity contribution >= 4 is 50.1 Å². The number of amides is 1. The van der Waals surface area contributed by atoms with Gasteiger partial charge < -0.3 is 19.5 Å². The summed E-state index contributed by atoms with van der Waals surface area (Å²) in [5, 5.41) is 2.91. The van der Waals surface area contributed by atoms with Gasteiger partial charge >= 0.3 is 11.9 Å². The third-order valence-corrected chi connectivity index (χ3v) is 5.67. The molecule has 0 atom stereocenters. The number of hydrogen-bond acceptors (Lipinski definition) is 7. The standard InChI is InChI=1S/C20H22BrNO6S/c1-6-27-17(23)14-11(2)15(18(24)26-5)29-16(14)22-19(25)20(3,4)28-13-9-7-12(21)8-10-13/h7-10H,6H2,1-5H3,(H,22,25). The number of benzene rings is 1. The van der Waals surface area contributed by atoms with Crippen molar-refractivity contribution < 1.29 is 28.6 Å². The van der Waals surface area contributed by atoms with E-state index in [4.69, 9.17) is 14.2 Å². The topological polar surface area (TPSA) is 90.9 Å². The summed E-state index contributed by atoms with van der Waals surface area (Å²) in [6, 6.07) is 7.06. The van der Waals surface area contributed by atoms with Gasteiger partial charge in [-0.15, -0.1) is 11.3 Å². The van der Waals surface area contributed by atoms with Crippen LogP contribution in [-0.4, -0.2) is 37.2 Å². The lowest BCUT2D eigenvalue weighted by molar-refractivity contribution is -0.128. The van der Waals surface area contributed by atoms with Gasteiger partial charge in [0.2, 0.25) is 0 Å². The smallest absolute Gasteiger partial charge is 0.348 e. The second-order valence-electron chi connectivity index (χ2n) is 6.49. The van der Waals surface area contributed by atoms with Gasteiger partial charge in [0.25, 0.3) is 5.91 Å². The number of carbonyl (C=O) groups excluding carboxylic acids is 3. The molecule has 2 aromatic rings. The summed E-state index contributed by atoms with van der Waals surface area (Å²) in [5.74, 6) is -1.19. The van der Waals surface area contributed by atoms with Gasteiger partial charge in [-0.2, -0.15) is 0 Å². The number of thiophene rings is 1. The fourth-order valence-electron chi connectivity index (χ4n) is 2.44. The molecule has 0 bridgehead atoms. The molecule has 1 amide bonds. The van der Waals surface area contributed by atoms with E-state index in [1.54, 1.807) is 52.0 Å². The maximum absolute atomic E-state index is 12.9. The maximum Gasteiger partial charge on any atom is 0.348 e. The highest BCUT2D eigenvalue weighted by molar-refractivity contribution is 9.10. The molecule has 7 nitrogen and oxygen atoms in total. The second kappa shape index (κ2) is 9.41. The molecule has 0 fully saturated rings. The first kappa shape index (κ1) is 22.9. The van der Waals surface area contributed by atoms with Gasteiger partial charge in [-0.05, 0) is 57.5 Å². The number of nitrogens with one attached hydrogen (secondary N) is 1. The Hall–Kier alpha value is -2.39. The Bertz CT molecular complexity index is 920. The lowest BCUT2D eigenvalue weighted by atomic mass is 10.1. The van der Waals surface area contributed by atoms with Crippen molar-refractivity contribution in [1.29, 1.82) is 0 Å². The molecule has 9 heteroatoms. The van der Waals surface area contributed by atoms with E-state index in [-0.39, 0.29) is 22.0 Å². The van der Waals surface area contributed by atoms with E-state index >= 15 is 0 Å². The van der Waals surface area contributed by atoms with Crippen LogP contribution in [0.5, 0.6) is 5.75 Å². The van der Waals surface area contributed by atoms with Crippen molar-refractivity contribution in [1.82, 2.24) is 0 Å². The van der Waals surface area contributed by atoms with Crippen molar-refractivity contribution in [2.45, 2.75) is 33.3 Å². The molecule has 0 aliphatic heterocycles. The third-order valence-electron chi connectivity index (χ3n) is 3.96. The summed E-state index contributed by atoms with van der Waals surface area (Å²) in [7, 11) is 1.25. The van der Waals surface area contributed by atoms with Gasteiger partial charge in [0.15, 0.2) is 5.60 Å². The van der Waals surface area contributed by atoms with Gasteiger partial charge in [-0.25, -0.2) is 9.59 Å². The highest BCUT2D eigenvalue weighted by Gasteiger charge is 2.33. The average molecular weight is 484 g/mol. The van der Waals surface area contributed by atoms with E-state index in [1.165, 1.54) is 7.11 Å². The Morgan fingerprint density at radius 1 is 1.14 bits per heavy atom. The zero-order valence-electron chi connectivity index (χ0n) is 16.8. The Morgan fingerprint density at radius 2 is 1.76 bits per heavy atom. The summed E-state index contributed by atoms with van der Waals surface area (Å²) >= 11 is 4.30. The number of methoxy groups -OCH3 is 1. The minimum absolute atomic E-state index is 0.130. The zero-order chi connectivity index (χ0) is 21.8. The third kappa shape index (κ3) is 5.36. The van der Waals surface area contributed by atoms with E-state index in [1.807, 2.05) is 0 Å². The van der Waals surface area contributed by atoms with Crippen LogP contribution in [0.25, 0.3) is 0 Å². The molecule has 0 aliphatic carbocycles. The lowest BCUT2D eigenvalue weighted by Gasteiger charge is -2.25. The van der Waals surface area contributed by atoms with Crippen LogP contribution in [0, 0.1) is 6.92 Å². The molecule has 1 N–H and O–H groups in total. The summed E-state index contributed by atoms with van der Waals surface area (Å²) in [4.78, 5) is 37.5. The predicted octanol–water partition coefficient (Wildman–Crippen LogP) is 4.58. The molecule has 1 aromatic carbocycles. The van der Waals surface area contributed by atoms with Crippen LogP contribution in [0.3, 0.4) is 0 Å². The van der Waals surface area contributed by atoms with Crippen LogP contribution in [0.2, 0.25) is 0 Å². The summed E-state index contributed by atoms with van der Waals surface area (Å²) in [6.45, 7) is 6.65. The lowest BCUT2D eigenvalue weighted by Crippen LogP contribution is -2.42. The Morgan fingerprint density at radius 3 is 2.31 bits per heavy atom. The average Bonchev–Trinajstić information content (AvgIpc) is 2.99. The van der Waals surface area contributed by atoms with Crippen molar-refractivity contribution in [2.24, 2.45) is 0 Å². The predicted molar refractivity (Wildman–Crippen MR) is 114 cm³/mol. The van der Waals surface area contributed by atoms with E-state index in [0.29, 0.717) is 11.3 Å². The summed E-state index contributed by atoms with van der Waals surface area (Å²) in [6.07, 6.45) is 0. The highest BCUT2D eigenvalue weighted by atomic mass is 79.9. The van der Waals surface area contributed by atoms with Crippen LogP contribution >= 0.6 is 27.3 Å². The first-order valence-electron chi connectivity index (χ1n) is 8.75. The van der Waals surface area contributed by atoms with Crippen LogP contribution < -0.4 is 10.1 Å². The maximum atomic E-state index is 12.9. The fourth-order valence-corrected chi connectivity index (χ4v) is 3.81. The van der Waals surface area contributed by atoms with Gasteiger partial charge in [0.1, 0.15) is 15.6 Å². The molecule has 0 aliphatic rings. The minimum atomic E-state index is -1.25. The molecule has 156 valence electrons. The van der Waals surface area contributed by atoms with Crippen molar-refractivity contribution in [3.05, 3.63) is 44.7 Å². The van der Waals surface area contributed by atoms with E-state index in [9.17, 15) is 14.4 Å². The first-order valence-corrected chi connectivity index (χ1v) is 10.4. The monoisotopic (exact) mass is 483 g/mol. The number of esters is 2. The van der Waals surface area contributed by atoms with Crippen LogP contribution in [-0.2, 0) is 14.3 Å². The Kier molecular flexibility index (Phi) is 7.43. The quantitative estimate of drug-likeness (QED) is 0.579. The number of ether oxygens (including phenoxy) is 3. The molecule has 29 heavy (non-hydrogen) atoms. The van der Waals surface area contributed by atoms with E-state index in [2.05, 4.69) is 21.2 Å². The zero-order valence-corrected chi connectivity index (χ0v) is 19.2. The van der Waals surface area contributed by atoms with E-state index in [0.717, 1.165) is 15.8 Å². The van der Waals surface area contributed by atoms with Crippen molar-refractivity contribution in [2.75, 3.05) is 19.0 Å². The number of hydrogen-bond donors (Lipinski definition) is 1. The second-order valence-corrected chi connectivity index (χ2v) is 8.43. The van der Waals surface area contributed by atoms with Gasteiger partial charge in [-0.3, -0.25) is 4.79 Å². The van der Waals surface area contributed by atoms with Gasteiger partial charge in [0, 0.05) is 4.47 Å². The van der Waals surface area contributed by atoms with Crippen LogP contribution in [0.15, 0.2) is 28.7 Å². The summed E-state index contributed by atoms with van der Waals surface area (Å²) in [5.41, 5.74) is -0.726. The Labute approximate surface area is 181 Å². The highest BCUT2D eigenvalue weighted by Crippen LogP contribution is 2.35. The molecule has 0 unspecified atom stereocenters. The SMILES string of the molecule is CCOC(=O)c1c(NC(=O)C(C)(C)Oc2ccc(Br)cc2)sc(C(=O)OC)c1C. The molecule has 0 radical (unpaired) electrons. The van der Waals surface area contributed by atoms with Crippen molar-refractivity contribution in [3.63, 3.8) is 0 Å². The number of halogens is 1. The Balaban J connectivity index is 2.33. The number of rotatable bonds is 7. The largest absolute Gasteiger partial charge is 0.478 e. The molecule has 0 spiro atoms. The fraction of sp³-hybridized carbons (Fsp3) is 0.350. The minimum Gasteiger partial charge on any atom is -0.478 e. The van der Waals surface area contributed by atoms with Gasteiger partial charge in [-0.1, -0.05) is 15.9 Å². The van der Waals surface area contributed by atoms with Crippen molar-refractivity contribution in [3.8, 4) is 5.75 Å². The molecule has 0 saturated heterocycles. The molecule has 1 heterocycles. The molecule has 0 saturated carbocycles. The molecule has 1 aromatic heterocycles. The normalized spacial score (nSPS) is 11.0. The molecular formula is C20H22BrNO6S. The molecular weight excluding hydrogens is 462 g/mol. The van der Waals surface area contributed by atoms with Crippen LogP contribution in [0.1, 0.15) is 46.4 Å². The number of carbonyl (C=O) groups is 3. The van der Waals surface area contributed by atoms with E-state index < -0.39 is 23.4 Å².